The minimum absolute atomic E-state index is 0.0121. The maximum Gasteiger partial charge on any atom is 0.222 e. The van der Waals surface area contributed by atoms with E-state index in [0.29, 0.717) is 24.1 Å². The van der Waals surface area contributed by atoms with Gasteiger partial charge in [-0.25, -0.2) is 4.39 Å². The van der Waals surface area contributed by atoms with E-state index in [2.05, 4.69) is 26.6 Å². The average Bonchev–Trinajstić information content (AvgIpc) is 2.32. The predicted octanol–water partition coefficient (Wildman–Crippen LogP) is 2.45. The summed E-state index contributed by atoms with van der Waals surface area (Å²) in [4.78, 5) is 11.3. The molecule has 0 unspecified atom stereocenters. The maximum absolute atomic E-state index is 13.0. The van der Waals surface area contributed by atoms with Gasteiger partial charge in [-0.3, -0.25) is 4.79 Å². The van der Waals surface area contributed by atoms with Crippen molar-refractivity contribution in [2.24, 2.45) is 5.92 Å². The molecule has 0 heterocycles. The first-order valence-electron chi connectivity index (χ1n) is 5.93. The summed E-state index contributed by atoms with van der Waals surface area (Å²) in [7, 11) is 0. The van der Waals surface area contributed by atoms with Gasteiger partial charge in [0.05, 0.1) is 4.47 Å². The molecule has 0 aromatic heterocycles. The van der Waals surface area contributed by atoms with Crippen LogP contribution in [0.4, 0.5) is 4.39 Å². The third-order valence-electron chi connectivity index (χ3n) is 2.44. The highest BCUT2D eigenvalue weighted by Gasteiger charge is 2.04. The Morgan fingerprint density at radius 1 is 1.39 bits per heavy atom. The lowest BCUT2D eigenvalue weighted by atomic mass is 10.2. The summed E-state index contributed by atoms with van der Waals surface area (Å²) in [6.45, 7) is 5.65. The van der Waals surface area contributed by atoms with Crippen molar-refractivity contribution in [1.82, 2.24) is 10.6 Å². The number of halogens is 2. The minimum Gasteiger partial charge on any atom is -0.355 e. The SMILES string of the molecule is CC(C)C(=O)NCCNCc1ccc(F)c(Br)c1. The van der Waals surface area contributed by atoms with Crippen molar-refractivity contribution in [2.75, 3.05) is 13.1 Å². The van der Waals surface area contributed by atoms with E-state index < -0.39 is 0 Å². The van der Waals surface area contributed by atoms with Crippen LogP contribution in [0.25, 0.3) is 0 Å². The van der Waals surface area contributed by atoms with Crippen LogP contribution in [0, 0.1) is 11.7 Å². The zero-order valence-corrected chi connectivity index (χ0v) is 12.2. The molecule has 2 N–H and O–H groups in total. The summed E-state index contributed by atoms with van der Waals surface area (Å²) < 4.78 is 13.5. The molecule has 100 valence electrons. The van der Waals surface area contributed by atoms with Crippen LogP contribution >= 0.6 is 15.9 Å². The standard InChI is InChI=1S/C13H18BrFN2O/c1-9(2)13(18)17-6-5-16-8-10-3-4-12(15)11(14)7-10/h3-4,7,9,16H,5-6,8H2,1-2H3,(H,17,18). The van der Waals surface area contributed by atoms with E-state index in [-0.39, 0.29) is 17.6 Å². The van der Waals surface area contributed by atoms with Crippen LogP contribution in [0.1, 0.15) is 19.4 Å². The van der Waals surface area contributed by atoms with Crippen LogP contribution in [0.3, 0.4) is 0 Å². The van der Waals surface area contributed by atoms with Crippen molar-refractivity contribution < 1.29 is 9.18 Å². The van der Waals surface area contributed by atoms with Crippen LogP contribution in [0.5, 0.6) is 0 Å². The van der Waals surface area contributed by atoms with Crippen molar-refractivity contribution >= 4 is 21.8 Å². The molecule has 0 aliphatic heterocycles. The summed E-state index contributed by atoms with van der Waals surface area (Å²) in [5.41, 5.74) is 0.999. The molecule has 0 bridgehead atoms. The van der Waals surface area contributed by atoms with Crippen molar-refractivity contribution in [3.05, 3.63) is 34.1 Å². The zero-order chi connectivity index (χ0) is 13.5. The Morgan fingerprint density at radius 2 is 2.11 bits per heavy atom. The molecule has 18 heavy (non-hydrogen) atoms. The van der Waals surface area contributed by atoms with E-state index >= 15 is 0 Å². The third-order valence-corrected chi connectivity index (χ3v) is 3.05. The van der Waals surface area contributed by atoms with Gasteiger partial charge in [-0.15, -0.1) is 0 Å². The molecule has 1 aromatic carbocycles. The Morgan fingerprint density at radius 3 is 2.72 bits per heavy atom. The van der Waals surface area contributed by atoms with Gasteiger partial charge >= 0.3 is 0 Å². The lowest BCUT2D eigenvalue weighted by Gasteiger charge is -2.09. The molecule has 0 atom stereocenters. The predicted molar refractivity (Wildman–Crippen MR) is 73.7 cm³/mol. The van der Waals surface area contributed by atoms with E-state index in [1.807, 2.05) is 13.8 Å². The van der Waals surface area contributed by atoms with Crippen LogP contribution < -0.4 is 10.6 Å². The fourth-order valence-corrected chi connectivity index (χ4v) is 1.79. The second-order valence-electron chi connectivity index (χ2n) is 4.37. The molecule has 1 amide bonds. The Kier molecular flexibility index (Phi) is 6.29. The Labute approximate surface area is 115 Å². The molecular formula is C13H18BrFN2O. The van der Waals surface area contributed by atoms with E-state index in [1.54, 1.807) is 12.1 Å². The van der Waals surface area contributed by atoms with Gasteiger partial charge in [0.15, 0.2) is 0 Å². The largest absolute Gasteiger partial charge is 0.355 e. The number of carbonyl (C=O) groups excluding carboxylic acids is 1. The molecule has 1 aromatic rings. The van der Waals surface area contributed by atoms with Gasteiger partial charge in [0.25, 0.3) is 0 Å². The number of rotatable bonds is 6. The maximum atomic E-state index is 13.0. The number of nitrogens with one attached hydrogen (secondary N) is 2. The number of carbonyl (C=O) groups is 1. The topological polar surface area (TPSA) is 41.1 Å². The highest BCUT2D eigenvalue weighted by molar-refractivity contribution is 9.10. The first-order valence-corrected chi connectivity index (χ1v) is 6.72. The average molecular weight is 317 g/mol. The summed E-state index contributed by atoms with van der Waals surface area (Å²) in [5, 5.41) is 6.00. The van der Waals surface area contributed by atoms with Crippen molar-refractivity contribution in [3.63, 3.8) is 0 Å². The molecule has 0 aliphatic carbocycles. The van der Waals surface area contributed by atoms with Crippen LogP contribution in [-0.4, -0.2) is 19.0 Å². The van der Waals surface area contributed by atoms with Gasteiger partial charge in [0, 0.05) is 25.6 Å². The zero-order valence-electron chi connectivity index (χ0n) is 10.6. The molecule has 0 saturated heterocycles. The van der Waals surface area contributed by atoms with Gasteiger partial charge in [-0.05, 0) is 33.6 Å². The van der Waals surface area contributed by atoms with Gasteiger partial charge < -0.3 is 10.6 Å². The second-order valence-corrected chi connectivity index (χ2v) is 5.23. The van der Waals surface area contributed by atoms with Crippen LogP contribution in [0.15, 0.2) is 22.7 Å². The molecule has 0 aliphatic rings. The molecule has 0 radical (unpaired) electrons. The number of hydrogen-bond acceptors (Lipinski definition) is 2. The lowest BCUT2D eigenvalue weighted by molar-refractivity contribution is -0.123. The summed E-state index contributed by atoms with van der Waals surface area (Å²) in [6.07, 6.45) is 0. The third kappa shape index (κ3) is 5.14. The molecular weight excluding hydrogens is 299 g/mol. The second kappa shape index (κ2) is 7.48. The van der Waals surface area contributed by atoms with Gasteiger partial charge in [0.2, 0.25) is 5.91 Å². The number of amides is 1. The minimum atomic E-state index is -0.261. The monoisotopic (exact) mass is 316 g/mol. The van der Waals surface area contributed by atoms with Gasteiger partial charge in [-0.1, -0.05) is 19.9 Å². The van der Waals surface area contributed by atoms with E-state index in [1.165, 1.54) is 6.07 Å². The molecule has 0 saturated carbocycles. The molecule has 0 spiro atoms. The van der Waals surface area contributed by atoms with E-state index in [9.17, 15) is 9.18 Å². The molecule has 1 rings (SSSR count). The molecule has 5 heteroatoms. The summed E-state index contributed by atoms with van der Waals surface area (Å²) in [5.74, 6) is -0.192. The summed E-state index contributed by atoms with van der Waals surface area (Å²) >= 11 is 3.14. The lowest BCUT2D eigenvalue weighted by Crippen LogP contribution is -2.34. The highest BCUT2D eigenvalue weighted by Crippen LogP contribution is 2.16. The fourth-order valence-electron chi connectivity index (χ4n) is 1.36. The Hall–Kier alpha value is -0.940. The summed E-state index contributed by atoms with van der Waals surface area (Å²) in [6, 6.07) is 4.91. The van der Waals surface area contributed by atoms with E-state index in [4.69, 9.17) is 0 Å². The number of benzene rings is 1. The molecule has 0 fully saturated rings. The Bertz CT molecular complexity index is 410. The van der Waals surface area contributed by atoms with Crippen LogP contribution in [0.2, 0.25) is 0 Å². The fraction of sp³-hybridized carbons (Fsp3) is 0.462. The highest BCUT2D eigenvalue weighted by atomic mass is 79.9. The van der Waals surface area contributed by atoms with Crippen molar-refractivity contribution in [3.8, 4) is 0 Å². The number of hydrogen-bond donors (Lipinski definition) is 2. The quantitative estimate of drug-likeness (QED) is 0.791. The van der Waals surface area contributed by atoms with Gasteiger partial charge in [-0.2, -0.15) is 0 Å². The van der Waals surface area contributed by atoms with Crippen LogP contribution in [-0.2, 0) is 11.3 Å². The van der Waals surface area contributed by atoms with Crippen molar-refractivity contribution in [1.29, 1.82) is 0 Å². The van der Waals surface area contributed by atoms with E-state index in [0.717, 1.165) is 5.56 Å². The molecule has 3 nitrogen and oxygen atoms in total. The normalized spacial score (nSPS) is 10.7. The van der Waals surface area contributed by atoms with Gasteiger partial charge in [0.1, 0.15) is 5.82 Å². The first-order chi connectivity index (χ1) is 8.50. The Balaban J connectivity index is 2.22. The smallest absolute Gasteiger partial charge is 0.222 e. The van der Waals surface area contributed by atoms with Crippen molar-refractivity contribution in [2.45, 2.75) is 20.4 Å². The first kappa shape index (κ1) is 15.1.